The number of carbonyl (C=O) groups is 1. The van der Waals surface area contributed by atoms with Crippen molar-refractivity contribution in [2.45, 2.75) is 43.5 Å². The van der Waals surface area contributed by atoms with E-state index in [4.69, 9.17) is 5.14 Å². The van der Waals surface area contributed by atoms with Crippen LogP contribution in [0.4, 0.5) is 0 Å². The van der Waals surface area contributed by atoms with Crippen LogP contribution >= 0.6 is 0 Å². The van der Waals surface area contributed by atoms with E-state index in [0.717, 1.165) is 25.7 Å². The Morgan fingerprint density at radius 1 is 1.53 bits per heavy atom. The van der Waals surface area contributed by atoms with E-state index < -0.39 is 10.0 Å². The van der Waals surface area contributed by atoms with Gasteiger partial charge in [-0.25, -0.2) is 13.6 Å². The van der Waals surface area contributed by atoms with Gasteiger partial charge >= 0.3 is 0 Å². The third kappa shape index (κ3) is 3.36. The summed E-state index contributed by atoms with van der Waals surface area (Å²) in [6, 6.07) is 1.61. The number of nitrogens with zero attached hydrogens (tertiary/aromatic N) is 1. The molecule has 19 heavy (non-hydrogen) atoms. The maximum Gasteiger partial charge on any atom is 0.270 e. The summed E-state index contributed by atoms with van der Waals surface area (Å²) in [5.74, 6) is -0.147. The minimum Gasteiger partial charge on any atom is -0.356 e. The Morgan fingerprint density at radius 3 is 2.68 bits per heavy atom. The number of nitrogens with two attached hydrogens (primary N) is 1. The van der Waals surface area contributed by atoms with Crippen LogP contribution in [0.5, 0.6) is 0 Å². The smallest absolute Gasteiger partial charge is 0.270 e. The Bertz CT molecular complexity index is 561. The van der Waals surface area contributed by atoms with Crippen LogP contribution in [0.15, 0.2) is 17.2 Å². The topological polar surface area (TPSA) is 96.3 Å². The summed E-state index contributed by atoms with van der Waals surface area (Å²) in [6.07, 6.45) is 5.28. The lowest BCUT2D eigenvalue weighted by Crippen LogP contribution is -2.34. The summed E-state index contributed by atoms with van der Waals surface area (Å²) >= 11 is 0. The number of carbonyl (C=O) groups excluding carboxylic acids is 1. The first-order chi connectivity index (χ1) is 8.93. The number of aromatic nitrogens is 1. The van der Waals surface area contributed by atoms with Gasteiger partial charge in [0.25, 0.3) is 5.91 Å². The average Bonchev–Trinajstić information content (AvgIpc) is 3.04. The van der Waals surface area contributed by atoms with E-state index in [-0.39, 0.29) is 16.5 Å². The zero-order chi connectivity index (χ0) is 14.0. The molecule has 1 aliphatic carbocycles. The predicted octanol–water partition coefficient (Wildman–Crippen LogP) is 1.07. The second-order valence-corrected chi connectivity index (χ2v) is 6.44. The van der Waals surface area contributed by atoms with E-state index in [1.165, 1.54) is 12.3 Å². The van der Waals surface area contributed by atoms with E-state index in [1.807, 2.05) is 4.90 Å². The number of hydrogen-bond donors (Lipinski definition) is 2. The zero-order valence-corrected chi connectivity index (χ0v) is 11.7. The van der Waals surface area contributed by atoms with Crippen LogP contribution in [-0.4, -0.2) is 36.8 Å². The second kappa shape index (κ2) is 5.34. The van der Waals surface area contributed by atoms with Gasteiger partial charge in [0.2, 0.25) is 10.0 Å². The van der Waals surface area contributed by atoms with Crippen LogP contribution < -0.4 is 5.14 Å². The lowest BCUT2D eigenvalue weighted by atomic mass is 10.3. The van der Waals surface area contributed by atoms with Crippen LogP contribution in [0, 0.1) is 0 Å². The van der Waals surface area contributed by atoms with E-state index in [1.54, 1.807) is 0 Å². The minimum atomic E-state index is -3.76. The quantitative estimate of drug-likeness (QED) is 0.818. The molecule has 1 saturated carbocycles. The Morgan fingerprint density at radius 2 is 2.21 bits per heavy atom. The highest BCUT2D eigenvalue weighted by Gasteiger charge is 2.33. The van der Waals surface area contributed by atoms with E-state index >= 15 is 0 Å². The van der Waals surface area contributed by atoms with Gasteiger partial charge in [0, 0.05) is 18.8 Å². The minimum absolute atomic E-state index is 0.0536. The molecule has 1 aromatic heterocycles. The van der Waals surface area contributed by atoms with Crippen molar-refractivity contribution < 1.29 is 13.2 Å². The maximum absolute atomic E-state index is 12.3. The first kappa shape index (κ1) is 14.1. The molecule has 1 aromatic rings. The summed E-state index contributed by atoms with van der Waals surface area (Å²) in [6.45, 7) is 2.78. The number of nitrogens with one attached hydrogen (secondary N) is 1. The van der Waals surface area contributed by atoms with Crippen LogP contribution in [0.3, 0.4) is 0 Å². The van der Waals surface area contributed by atoms with Gasteiger partial charge in [0.15, 0.2) is 0 Å². The summed E-state index contributed by atoms with van der Waals surface area (Å²) < 4.78 is 22.4. The Labute approximate surface area is 113 Å². The molecule has 0 radical (unpaired) electrons. The van der Waals surface area contributed by atoms with Crippen molar-refractivity contribution in [1.82, 2.24) is 9.88 Å². The summed E-state index contributed by atoms with van der Waals surface area (Å²) in [4.78, 5) is 16.8. The van der Waals surface area contributed by atoms with Gasteiger partial charge in [-0.05, 0) is 25.3 Å². The normalized spacial score (nSPS) is 15.5. The van der Waals surface area contributed by atoms with Gasteiger partial charge in [-0.1, -0.05) is 13.3 Å². The van der Waals surface area contributed by atoms with Gasteiger partial charge in [0.1, 0.15) is 5.69 Å². The molecule has 0 unspecified atom stereocenters. The van der Waals surface area contributed by atoms with Crippen LogP contribution in [0.2, 0.25) is 0 Å². The lowest BCUT2D eigenvalue weighted by molar-refractivity contribution is 0.0735. The van der Waals surface area contributed by atoms with Crippen LogP contribution in [-0.2, 0) is 10.0 Å². The lowest BCUT2D eigenvalue weighted by Gasteiger charge is -2.21. The summed E-state index contributed by atoms with van der Waals surface area (Å²) in [7, 11) is -3.76. The van der Waals surface area contributed by atoms with Crippen molar-refractivity contribution >= 4 is 15.9 Å². The molecule has 0 spiro atoms. The molecule has 1 aliphatic rings. The van der Waals surface area contributed by atoms with E-state index in [9.17, 15) is 13.2 Å². The maximum atomic E-state index is 12.3. The first-order valence-electron chi connectivity index (χ1n) is 6.45. The van der Waals surface area contributed by atoms with Crippen LogP contribution in [0.25, 0.3) is 0 Å². The molecule has 0 aromatic carbocycles. The average molecular weight is 285 g/mol. The fourth-order valence-corrected chi connectivity index (χ4v) is 2.49. The molecule has 1 amide bonds. The number of unbranched alkanes of at least 4 members (excludes halogenated alkanes) is 1. The number of hydrogen-bond acceptors (Lipinski definition) is 3. The van der Waals surface area contributed by atoms with Gasteiger partial charge < -0.3 is 9.88 Å². The van der Waals surface area contributed by atoms with Crippen molar-refractivity contribution in [3.63, 3.8) is 0 Å². The van der Waals surface area contributed by atoms with Crippen LogP contribution in [0.1, 0.15) is 43.1 Å². The number of H-pyrrole nitrogens is 1. The Kier molecular flexibility index (Phi) is 3.96. The number of aromatic amines is 1. The van der Waals surface area contributed by atoms with Crippen molar-refractivity contribution in [3.8, 4) is 0 Å². The summed E-state index contributed by atoms with van der Waals surface area (Å²) in [5.41, 5.74) is 0.284. The highest BCUT2D eigenvalue weighted by molar-refractivity contribution is 7.89. The van der Waals surface area contributed by atoms with Crippen molar-refractivity contribution in [3.05, 3.63) is 18.0 Å². The zero-order valence-electron chi connectivity index (χ0n) is 10.9. The van der Waals surface area contributed by atoms with Gasteiger partial charge in [0.05, 0.1) is 4.90 Å². The molecule has 106 valence electrons. The molecule has 0 bridgehead atoms. The van der Waals surface area contributed by atoms with E-state index in [2.05, 4.69) is 11.9 Å². The predicted molar refractivity (Wildman–Crippen MR) is 71.1 cm³/mol. The molecule has 0 aliphatic heterocycles. The number of amides is 1. The Balaban J connectivity index is 2.15. The largest absolute Gasteiger partial charge is 0.356 e. The highest BCUT2D eigenvalue weighted by atomic mass is 32.2. The van der Waals surface area contributed by atoms with E-state index in [0.29, 0.717) is 12.6 Å². The molecule has 3 N–H and O–H groups in total. The highest BCUT2D eigenvalue weighted by Crippen LogP contribution is 2.28. The van der Waals surface area contributed by atoms with Crippen molar-refractivity contribution in [2.24, 2.45) is 5.14 Å². The third-order valence-electron chi connectivity index (χ3n) is 3.22. The van der Waals surface area contributed by atoms with Gasteiger partial charge in [-0.3, -0.25) is 4.79 Å². The summed E-state index contributed by atoms with van der Waals surface area (Å²) in [5, 5.41) is 5.03. The molecular weight excluding hydrogens is 266 g/mol. The molecule has 2 rings (SSSR count). The standard InChI is InChI=1S/C12H19N3O3S/c1-2-3-6-15(9-4-5-9)12(16)11-7-10(8-14-11)19(13,17)18/h7-9,14H,2-6H2,1H3,(H2,13,17,18). The first-order valence-corrected chi connectivity index (χ1v) is 8.00. The number of rotatable bonds is 6. The number of sulfonamides is 1. The van der Waals surface area contributed by atoms with Gasteiger partial charge in [-0.15, -0.1) is 0 Å². The molecule has 0 saturated heterocycles. The monoisotopic (exact) mass is 285 g/mol. The Hall–Kier alpha value is -1.34. The van der Waals surface area contributed by atoms with Gasteiger partial charge in [-0.2, -0.15) is 0 Å². The molecule has 1 heterocycles. The fraction of sp³-hybridized carbons (Fsp3) is 0.583. The number of primary sulfonamides is 1. The second-order valence-electron chi connectivity index (χ2n) is 4.88. The molecule has 1 fully saturated rings. The molecule has 7 heteroatoms. The van der Waals surface area contributed by atoms with Crippen molar-refractivity contribution in [2.75, 3.05) is 6.54 Å². The van der Waals surface area contributed by atoms with Crippen molar-refractivity contribution in [1.29, 1.82) is 0 Å². The molecular formula is C12H19N3O3S. The molecule has 0 atom stereocenters. The third-order valence-corrected chi connectivity index (χ3v) is 4.11. The molecule has 6 nitrogen and oxygen atoms in total. The fourth-order valence-electron chi connectivity index (χ4n) is 1.98. The SMILES string of the molecule is CCCCN(C(=O)c1cc(S(N)(=O)=O)c[nH]1)C1CC1.